The van der Waals surface area contributed by atoms with E-state index in [9.17, 15) is 4.39 Å². The molecule has 1 heterocycles. The highest BCUT2D eigenvalue weighted by atomic mass is 32.1. The summed E-state index contributed by atoms with van der Waals surface area (Å²) in [6.07, 6.45) is 1.91. The van der Waals surface area contributed by atoms with Gasteiger partial charge in [-0.3, -0.25) is 0 Å². The Morgan fingerprint density at radius 2 is 2.16 bits per heavy atom. The molecule has 0 saturated heterocycles. The Bertz CT molecular complexity index is 507. The molecule has 0 amide bonds. The molecule has 2 rings (SSSR count). The molecule has 1 N–H and O–H groups in total. The van der Waals surface area contributed by atoms with Crippen molar-refractivity contribution >= 4 is 11.3 Å². The van der Waals surface area contributed by atoms with Crippen molar-refractivity contribution < 1.29 is 4.39 Å². The Kier molecular flexibility index (Phi) is 5.11. The Hall–Kier alpha value is -1.19. The van der Waals surface area contributed by atoms with Gasteiger partial charge in [0.05, 0.1) is 0 Å². The van der Waals surface area contributed by atoms with Gasteiger partial charge in [-0.1, -0.05) is 30.7 Å². The number of rotatable bonds is 6. The first kappa shape index (κ1) is 14.2. The average Bonchev–Trinajstić information content (AvgIpc) is 2.91. The molecule has 1 atom stereocenters. The lowest BCUT2D eigenvalue weighted by molar-refractivity contribution is 0.486. The van der Waals surface area contributed by atoms with Gasteiger partial charge in [0, 0.05) is 16.5 Å². The standard InChI is InChI=1S/C16H20FNS/c1-3-18-16(9-7-13-5-4-10-19-13)14-11-12(2)6-8-15(14)17/h4-6,8,10-11,16,18H,3,7,9H2,1-2H3. The minimum absolute atomic E-state index is 0.0898. The van der Waals surface area contributed by atoms with E-state index in [1.165, 1.54) is 4.88 Å². The third kappa shape index (κ3) is 3.88. The highest BCUT2D eigenvalue weighted by molar-refractivity contribution is 7.09. The molecule has 1 aromatic carbocycles. The van der Waals surface area contributed by atoms with Gasteiger partial charge in [0.25, 0.3) is 0 Å². The molecule has 1 unspecified atom stereocenters. The van der Waals surface area contributed by atoms with Crippen LogP contribution in [0.5, 0.6) is 0 Å². The van der Waals surface area contributed by atoms with Gasteiger partial charge in [-0.05, 0) is 43.8 Å². The molecule has 0 spiro atoms. The van der Waals surface area contributed by atoms with Crippen molar-refractivity contribution in [3.8, 4) is 0 Å². The number of thiophene rings is 1. The second-order valence-electron chi connectivity index (χ2n) is 4.75. The second-order valence-corrected chi connectivity index (χ2v) is 5.79. The largest absolute Gasteiger partial charge is 0.310 e. The molecule has 2 aromatic rings. The van der Waals surface area contributed by atoms with Crippen LogP contribution in [0.3, 0.4) is 0 Å². The average molecular weight is 277 g/mol. The second kappa shape index (κ2) is 6.83. The number of halogens is 1. The van der Waals surface area contributed by atoms with E-state index >= 15 is 0 Å². The highest BCUT2D eigenvalue weighted by Gasteiger charge is 2.15. The predicted molar refractivity (Wildman–Crippen MR) is 80.2 cm³/mol. The summed E-state index contributed by atoms with van der Waals surface area (Å²) in [4.78, 5) is 1.36. The zero-order valence-corrected chi connectivity index (χ0v) is 12.3. The van der Waals surface area contributed by atoms with Crippen LogP contribution in [0, 0.1) is 12.7 Å². The Morgan fingerprint density at radius 3 is 2.84 bits per heavy atom. The highest BCUT2D eigenvalue weighted by Crippen LogP contribution is 2.24. The molecule has 0 bridgehead atoms. The van der Waals surface area contributed by atoms with Gasteiger partial charge in [-0.15, -0.1) is 11.3 Å². The summed E-state index contributed by atoms with van der Waals surface area (Å²) in [6.45, 7) is 4.92. The maximum atomic E-state index is 14.0. The van der Waals surface area contributed by atoms with E-state index in [2.05, 4.69) is 29.8 Å². The van der Waals surface area contributed by atoms with Crippen LogP contribution >= 0.6 is 11.3 Å². The molecule has 0 aliphatic carbocycles. The molecule has 0 aliphatic heterocycles. The predicted octanol–water partition coefficient (Wildman–Crippen LogP) is 4.48. The zero-order chi connectivity index (χ0) is 13.7. The molecule has 19 heavy (non-hydrogen) atoms. The third-order valence-electron chi connectivity index (χ3n) is 3.24. The fourth-order valence-electron chi connectivity index (χ4n) is 2.29. The van der Waals surface area contributed by atoms with Gasteiger partial charge in [0.2, 0.25) is 0 Å². The van der Waals surface area contributed by atoms with Crippen LogP contribution in [-0.2, 0) is 6.42 Å². The van der Waals surface area contributed by atoms with Crippen molar-refractivity contribution in [3.05, 3.63) is 57.5 Å². The van der Waals surface area contributed by atoms with Gasteiger partial charge >= 0.3 is 0 Å². The van der Waals surface area contributed by atoms with Crippen molar-refractivity contribution in [2.75, 3.05) is 6.54 Å². The number of hydrogen-bond acceptors (Lipinski definition) is 2. The van der Waals surface area contributed by atoms with Crippen molar-refractivity contribution in [1.29, 1.82) is 0 Å². The summed E-state index contributed by atoms with van der Waals surface area (Å²) in [5.41, 5.74) is 1.90. The smallest absolute Gasteiger partial charge is 0.127 e. The zero-order valence-electron chi connectivity index (χ0n) is 11.4. The van der Waals surface area contributed by atoms with E-state index in [0.29, 0.717) is 0 Å². The normalized spacial score (nSPS) is 12.6. The summed E-state index contributed by atoms with van der Waals surface area (Å²) < 4.78 is 14.0. The van der Waals surface area contributed by atoms with Crippen molar-refractivity contribution in [3.63, 3.8) is 0 Å². The molecule has 0 saturated carbocycles. The first-order valence-electron chi connectivity index (χ1n) is 6.72. The summed E-state index contributed by atoms with van der Waals surface area (Å²) in [6, 6.07) is 9.64. The monoisotopic (exact) mass is 277 g/mol. The molecular formula is C16H20FNS. The van der Waals surface area contributed by atoms with Crippen LogP contribution in [0.1, 0.15) is 35.4 Å². The lowest BCUT2D eigenvalue weighted by Crippen LogP contribution is -2.22. The fraction of sp³-hybridized carbons (Fsp3) is 0.375. The maximum absolute atomic E-state index is 14.0. The van der Waals surface area contributed by atoms with Crippen LogP contribution in [-0.4, -0.2) is 6.54 Å². The number of hydrogen-bond donors (Lipinski definition) is 1. The summed E-state index contributed by atoms with van der Waals surface area (Å²) >= 11 is 1.76. The van der Waals surface area contributed by atoms with Gasteiger partial charge < -0.3 is 5.32 Å². The summed E-state index contributed by atoms with van der Waals surface area (Å²) in [5.74, 6) is -0.109. The molecule has 0 aliphatic rings. The first-order chi connectivity index (χ1) is 9.20. The van der Waals surface area contributed by atoms with Gasteiger partial charge in [0.15, 0.2) is 0 Å². The number of benzene rings is 1. The Labute approximate surface area is 118 Å². The van der Waals surface area contributed by atoms with Gasteiger partial charge in [-0.25, -0.2) is 4.39 Å². The summed E-state index contributed by atoms with van der Waals surface area (Å²) in [5, 5.41) is 5.48. The molecule has 1 nitrogen and oxygen atoms in total. The minimum Gasteiger partial charge on any atom is -0.310 e. The van der Waals surface area contributed by atoms with Crippen molar-refractivity contribution in [1.82, 2.24) is 5.32 Å². The third-order valence-corrected chi connectivity index (χ3v) is 4.17. The molecule has 0 radical (unpaired) electrons. The lowest BCUT2D eigenvalue weighted by atomic mass is 9.99. The van der Waals surface area contributed by atoms with E-state index in [0.717, 1.165) is 30.5 Å². The van der Waals surface area contributed by atoms with Gasteiger partial charge in [0.1, 0.15) is 5.82 Å². The molecule has 1 aromatic heterocycles. The fourth-order valence-corrected chi connectivity index (χ4v) is 3.01. The van der Waals surface area contributed by atoms with Crippen molar-refractivity contribution in [2.24, 2.45) is 0 Å². The van der Waals surface area contributed by atoms with Crippen LogP contribution < -0.4 is 5.32 Å². The Balaban J connectivity index is 2.12. The Morgan fingerprint density at radius 1 is 1.32 bits per heavy atom. The maximum Gasteiger partial charge on any atom is 0.127 e. The SMILES string of the molecule is CCNC(CCc1cccs1)c1cc(C)ccc1F. The number of aryl methyl sites for hydroxylation is 2. The molecule has 102 valence electrons. The lowest BCUT2D eigenvalue weighted by Gasteiger charge is -2.19. The van der Waals surface area contributed by atoms with Crippen LogP contribution in [0.4, 0.5) is 4.39 Å². The van der Waals surface area contributed by atoms with Crippen LogP contribution in [0.25, 0.3) is 0 Å². The van der Waals surface area contributed by atoms with E-state index in [-0.39, 0.29) is 11.9 Å². The van der Waals surface area contributed by atoms with Gasteiger partial charge in [-0.2, -0.15) is 0 Å². The van der Waals surface area contributed by atoms with Crippen LogP contribution in [0.2, 0.25) is 0 Å². The van der Waals surface area contributed by atoms with Crippen LogP contribution in [0.15, 0.2) is 35.7 Å². The quantitative estimate of drug-likeness (QED) is 0.821. The summed E-state index contributed by atoms with van der Waals surface area (Å²) in [7, 11) is 0. The molecule has 3 heteroatoms. The molecular weight excluding hydrogens is 257 g/mol. The topological polar surface area (TPSA) is 12.0 Å². The minimum atomic E-state index is -0.109. The molecule has 0 fully saturated rings. The van der Waals surface area contributed by atoms with E-state index in [4.69, 9.17) is 0 Å². The van der Waals surface area contributed by atoms with E-state index in [1.807, 2.05) is 19.1 Å². The number of nitrogens with one attached hydrogen (secondary N) is 1. The van der Waals surface area contributed by atoms with E-state index < -0.39 is 0 Å². The first-order valence-corrected chi connectivity index (χ1v) is 7.60. The van der Waals surface area contributed by atoms with E-state index in [1.54, 1.807) is 17.4 Å². The van der Waals surface area contributed by atoms with Crippen molar-refractivity contribution in [2.45, 2.75) is 32.7 Å².